The lowest BCUT2D eigenvalue weighted by Gasteiger charge is -2.16. The molecule has 0 aliphatic carbocycles. The van der Waals surface area contributed by atoms with Crippen LogP contribution in [0.1, 0.15) is 38.3 Å². The van der Waals surface area contributed by atoms with E-state index in [-0.39, 0.29) is 17.7 Å². The van der Waals surface area contributed by atoms with Gasteiger partial charge in [0, 0.05) is 6.42 Å². The molecule has 0 bridgehead atoms. The normalized spacial score (nSPS) is 14.4. The molecule has 1 aromatic carbocycles. The minimum atomic E-state index is -0.328. The average molecular weight is 233 g/mol. The highest BCUT2D eigenvalue weighted by Crippen LogP contribution is 2.11. The van der Waals surface area contributed by atoms with Crippen LogP contribution in [-0.2, 0) is 17.6 Å². The number of hydrogen-bond acceptors (Lipinski definition) is 2. The minimum absolute atomic E-state index is 0.142. The molecule has 2 heteroatoms. The first-order valence-corrected chi connectivity index (χ1v) is 6.44. The van der Waals surface area contributed by atoms with E-state index >= 15 is 0 Å². The summed E-state index contributed by atoms with van der Waals surface area (Å²) >= 11 is 0. The summed E-state index contributed by atoms with van der Waals surface area (Å²) < 4.78 is 0. The first-order chi connectivity index (χ1) is 8.08. The Balaban J connectivity index is 2.61. The van der Waals surface area contributed by atoms with Gasteiger partial charge in [0.05, 0.1) is 6.04 Å². The molecule has 0 spiro atoms. The number of ketones is 1. The number of hydrogen-bond donors (Lipinski definition) is 1. The molecule has 1 rings (SSSR count). The summed E-state index contributed by atoms with van der Waals surface area (Å²) in [4.78, 5) is 11.9. The van der Waals surface area contributed by atoms with Crippen molar-refractivity contribution in [1.82, 2.24) is 0 Å². The highest BCUT2D eigenvalue weighted by atomic mass is 16.1. The zero-order chi connectivity index (χ0) is 12.8. The Labute approximate surface area is 104 Å². The molecule has 0 amide bonds. The van der Waals surface area contributed by atoms with Gasteiger partial charge < -0.3 is 5.73 Å². The van der Waals surface area contributed by atoms with Crippen LogP contribution in [0.3, 0.4) is 0 Å². The highest BCUT2D eigenvalue weighted by molar-refractivity contribution is 5.86. The van der Waals surface area contributed by atoms with E-state index in [2.05, 4.69) is 26.0 Å². The highest BCUT2D eigenvalue weighted by Gasteiger charge is 2.19. The van der Waals surface area contributed by atoms with Crippen LogP contribution in [-0.4, -0.2) is 11.8 Å². The molecule has 2 atom stereocenters. The van der Waals surface area contributed by atoms with Gasteiger partial charge >= 0.3 is 0 Å². The smallest absolute Gasteiger partial charge is 0.154 e. The SMILES string of the molecule is CCc1ccc(CC(=O)C(N)C(C)CC)cc1. The fraction of sp³-hybridized carbons (Fsp3) is 0.533. The molecule has 0 radical (unpaired) electrons. The molecule has 0 aromatic heterocycles. The predicted octanol–water partition coefficient (Wildman–Crippen LogP) is 2.73. The third-order valence-corrected chi connectivity index (χ3v) is 3.44. The minimum Gasteiger partial charge on any atom is -0.321 e. The number of carbonyl (C=O) groups excluding carboxylic acids is 1. The lowest BCUT2D eigenvalue weighted by Crippen LogP contribution is -2.37. The Morgan fingerprint density at radius 1 is 1.18 bits per heavy atom. The van der Waals surface area contributed by atoms with E-state index in [1.54, 1.807) is 0 Å². The van der Waals surface area contributed by atoms with Crippen LogP contribution in [0, 0.1) is 5.92 Å². The van der Waals surface area contributed by atoms with Crippen molar-refractivity contribution in [3.8, 4) is 0 Å². The largest absolute Gasteiger partial charge is 0.321 e. The molecule has 0 heterocycles. The Morgan fingerprint density at radius 2 is 1.71 bits per heavy atom. The summed E-state index contributed by atoms with van der Waals surface area (Å²) in [7, 11) is 0. The van der Waals surface area contributed by atoms with Crippen LogP contribution in [0.25, 0.3) is 0 Å². The van der Waals surface area contributed by atoms with Gasteiger partial charge in [-0.2, -0.15) is 0 Å². The monoisotopic (exact) mass is 233 g/mol. The van der Waals surface area contributed by atoms with E-state index in [0.29, 0.717) is 6.42 Å². The summed E-state index contributed by atoms with van der Waals surface area (Å²) in [5.41, 5.74) is 8.29. The molecule has 1 aromatic rings. The molecule has 2 N–H and O–H groups in total. The summed E-state index contributed by atoms with van der Waals surface area (Å²) in [6, 6.07) is 7.89. The van der Waals surface area contributed by atoms with Crippen molar-refractivity contribution in [2.45, 2.75) is 46.1 Å². The summed E-state index contributed by atoms with van der Waals surface area (Å²) in [5.74, 6) is 0.404. The number of benzene rings is 1. The summed E-state index contributed by atoms with van der Waals surface area (Å²) in [6.45, 7) is 6.22. The molecule has 2 unspecified atom stereocenters. The quantitative estimate of drug-likeness (QED) is 0.821. The van der Waals surface area contributed by atoms with Crippen molar-refractivity contribution in [1.29, 1.82) is 0 Å². The second kappa shape index (κ2) is 6.55. The molecule has 0 fully saturated rings. The van der Waals surface area contributed by atoms with Crippen LogP contribution < -0.4 is 5.73 Å². The molecule has 2 nitrogen and oxygen atoms in total. The standard InChI is InChI=1S/C15H23NO/c1-4-11(3)15(16)14(17)10-13-8-6-12(5-2)7-9-13/h6-9,11,15H,4-5,10,16H2,1-3H3. The predicted molar refractivity (Wildman–Crippen MR) is 72.0 cm³/mol. The van der Waals surface area contributed by atoms with Gasteiger partial charge in [-0.05, 0) is 23.5 Å². The van der Waals surface area contributed by atoms with E-state index in [4.69, 9.17) is 5.73 Å². The van der Waals surface area contributed by atoms with E-state index in [9.17, 15) is 4.79 Å². The van der Waals surface area contributed by atoms with E-state index in [1.807, 2.05) is 19.1 Å². The first kappa shape index (κ1) is 13.9. The third-order valence-electron chi connectivity index (χ3n) is 3.44. The van der Waals surface area contributed by atoms with Gasteiger partial charge in [-0.25, -0.2) is 0 Å². The Hall–Kier alpha value is -1.15. The lowest BCUT2D eigenvalue weighted by molar-refractivity contribution is -0.120. The molecule has 0 saturated heterocycles. The molecule has 94 valence electrons. The maximum atomic E-state index is 11.9. The van der Waals surface area contributed by atoms with Gasteiger partial charge in [-0.15, -0.1) is 0 Å². The molecule has 0 aliphatic heterocycles. The van der Waals surface area contributed by atoms with Crippen LogP contribution in [0.15, 0.2) is 24.3 Å². The van der Waals surface area contributed by atoms with Crippen molar-refractivity contribution in [3.63, 3.8) is 0 Å². The Kier molecular flexibility index (Phi) is 5.36. The zero-order valence-corrected chi connectivity index (χ0v) is 11.1. The van der Waals surface area contributed by atoms with Gasteiger partial charge in [0.25, 0.3) is 0 Å². The van der Waals surface area contributed by atoms with Crippen molar-refractivity contribution in [2.24, 2.45) is 11.7 Å². The van der Waals surface area contributed by atoms with E-state index < -0.39 is 0 Å². The maximum Gasteiger partial charge on any atom is 0.154 e. The number of carbonyl (C=O) groups is 1. The van der Waals surface area contributed by atoms with Gasteiger partial charge in [-0.3, -0.25) is 4.79 Å². The zero-order valence-electron chi connectivity index (χ0n) is 11.1. The molecule has 0 aliphatic rings. The first-order valence-electron chi connectivity index (χ1n) is 6.44. The van der Waals surface area contributed by atoms with Gasteiger partial charge in [0.2, 0.25) is 0 Å². The fourth-order valence-electron chi connectivity index (χ4n) is 1.78. The van der Waals surface area contributed by atoms with E-state index in [1.165, 1.54) is 5.56 Å². The fourth-order valence-corrected chi connectivity index (χ4v) is 1.78. The van der Waals surface area contributed by atoms with Crippen LogP contribution >= 0.6 is 0 Å². The van der Waals surface area contributed by atoms with Crippen molar-refractivity contribution >= 4 is 5.78 Å². The second-order valence-electron chi connectivity index (χ2n) is 4.72. The van der Waals surface area contributed by atoms with Gasteiger partial charge in [-0.1, -0.05) is 51.5 Å². The van der Waals surface area contributed by atoms with Crippen LogP contribution in [0.4, 0.5) is 0 Å². The third kappa shape index (κ3) is 3.97. The number of nitrogens with two attached hydrogens (primary N) is 1. The maximum absolute atomic E-state index is 11.9. The van der Waals surface area contributed by atoms with Crippen molar-refractivity contribution in [2.75, 3.05) is 0 Å². The molecule has 0 saturated carbocycles. The second-order valence-corrected chi connectivity index (χ2v) is 4.72. The van der Waals surface area contributed by atoms with E-state index in [0.717, 1.165) is 18.4 Å². The summed E-state index contributed by atoms with van der Waals surface area (Å²) in [6.07, 6.45) is 2.43. The lowest BCUT2D eigenvalue weighted by atomic mass is 9.93. The van der Waals surface area contributed by atoms with Crippen molar-refractivity contribution < 1.29 is 4.79 Å². The number of aryl methyl sites for hydroxylation is 1. The number of Topliss-reactive ketones (excluding diaryl/α,β-unsaturated/α-hetero) is 1. The molecular weight excluding hydrogens is 210 g/mol. The van der Waals surface area contributed by atoms with Crippen LogP contribution in [0.5, 0.6) is 0 Å². The van der Waals surface area contributed by atoms with Crippen molar-refractivity contribution in [3.05, 3.63) is 35.4 Å². The molecule has 17 heavy (non-hydrogen) atoms. The van der Waals surface area contributed by atoms with Gasteiger partial charge in [0.1, 0.15) is 0 Å². The summed E-state index contributed by atoms with van der Waals surface area (Å²) in [5, 5.41) is 0. The van der Waals surface area contributed by atoms with Crippen LogP contribution in [0.2, 0.25) is 0 Å². The Bertz CT molecular complexity index is 356. The topological polar surface area (TPSA) is 43.1 Å². The van der Waals surface area contributed by atoms with Gasteiger partial charge in [0.15, 0.2) is 5.78 Å². The molecular formula is C15H23NO. The average Bonchev–Trinajstić information content (AvgIpc) is 2.37. The Morgan fingerprint density at radius 3 is 2.18 bits per heavy atom. The number of rotatable bonds is 6.